The van der Waals surface area contributed by atoms with Gasteiger partial charge >= 0.3 is 6.09 Å². The highest BCUT2D eigenvalue weighted by Gasteiger charge is 2.71. The molecule has 2 heterocycles. The van der Waals surface area contributed by atoms with Crippen LogP contribution in [0.1, 0.15) is 32.8 Å². The first kappa shape index (κ1) is 29.4. The second kappa shape index (κ2) is 10.7. The molecule has 0 unspecified atom stereocenters. The zero-order valence-electron chi connectivity index (χ0n) is 22.7. The van der Waals surface area contributed by atoms with Crippen molar-refractivity contribution in [2.45, 2.75) is 68.8 Å². The van der Waals surface area contributed by atoms with E-state index in [1.165, 1.54) is 22.7 Å². The van der Waals surface area contributed by atoms with Crippen molar-refractivity contribution in [1.29, 1.82) is 0 Å². The van der Waals surface area contributed by atoms with Crippen LogP contribution in [-0.2, 0) is 15.0 Å². The van der Waals surface area contributed by atoms with Crippen molar-refractivity contribution >= 4 is 47.0 Å². The van der Waals surface area contributed by atoms with E-state index in [-0.39, 0.29) is 23.4 Å². The van der Waals surface area contributed by atoms with Crippen LogP contribution >= 0.6 is 27.7 Å². The lowest BCUT2D eigenvalue weighted by atomic mass is 9.84. The third-order valence-electron chi connectivity index (χ3n) is 6.69. The molecule has 3 aliphatic rings. The quantitative estimate of drug-likeness (QED) is 0.169. The van der Waals surface area contributed by atoms with Crippen molar-refractivity contribution in [2.75, 3.05) is 26.6 Å². The van der Waals surface area contributed by atoms with Crippen molar-refractivity contribution in [3.8, 4) is 0 Å². The SMILES string of the molecule is CC(C)(C)OC(=O)N(COCC[Si](C)(C)C)C1=N[C@](CF)(c2cc(Br)ccc2F)[C@@H]2C[C@]2(C2=CCN=N2)S1. The fourth-order valence-corrected chi connectivity index (χ4v) is 7.35. The normalized spacial score (nSPS) is 26.5. The zero-order valence-corrected chi connectivity index (χ0v) is 26.1. The highest BCUT2D eigenvalue weighted by Crippen LogP contribution is 2.70. The number of hydrogen-bond acceptors (Lipinski definition) is 7. The van der Waals surface area contributed by atoms with Gasteiger partial charge in [-0.05, 0) is 57.5 Å². The van der Waals surface area contributed by atoms with Crippen molar-refractivity contribution < 1.29 is 23.0 Å². The average Bonchev–Trinajstić information content (AvgIpc) is 3.30. The third kappa shape index (κ3) is 6.07. The maximum atomic E-state index is 15.3. The first-order valence-electron chi connectivity index (χ1n) is 12.7. The van der Waals surface area contributed by atoms with Crippen molar-refractivity contribution in [1.82, 2.24) is 4.90 Å². The molecule has 0 aromatic heterocycles. The molecule has 3 atom stereocenters. The van der Waals surface area contributed by atoms with Gasteiger partial charge in [-0.15, -0.1) is 0 Å². The third-order valence-corrected chi connectivity index (χ3v) is 10.4. The number of halogens is 3. The summed E-state index contributed by atoms with van der Waals surface area (Å²) < 4.78 is 42.2. The molecule has 1 fully saturated rings. The van der Waals surface area contributed by atoms with E-state index in [4.69, 9.17) is 14.5 Å². The molecule has 0 bridgehead atoms. The van der Waals surface area contributed by atoms with E-state index in [9.17, 15) is 4.79 Å². The Hall–Kier alpha value is -1.63. The molecular weight excluding hydrogens is 594 g/mol. The van der Waals surface area contributed by atoms with E-state index in [0.717, 1.165) is 6.04 Å². The summed E-state index contributed by atoms with van der Waals surface area (Å²) in [5.41, 5.74) is -1.48. The second-order valence-electron chi connectivity index (χ2n) is 12.1. The summed E-state index contributed by atoms with van der Waals surface area (Å²) >= 11 is 4.73. The molecule has 0 N–H and O–H groups in total. The molecule has 0 radical (unpaired) electrons. The Morgan fingerprint density at radius 2 is 2.05 bits per heavy atom. The molecule has 1 amide bonds. The lowest BCUT2D eigenvalue weighted by molar-refractivity contribution is 0.0109. The number of thioether (sulfide) groups is 1. The first-order valence-corrected chi connectivity index (χ1v) is 18.0. The van der Waals surface area contributed by atoms with Crippen LogP contribution < -0.4 is 0 Å². The summed E-state index contributed by atoms with van der Waals surface area (Å²) in [5, 5.41) is 8.66. The molecule has 38 heavy (non-hydrogen) atoms. The molecule has 1 aromatic carbocycles. The van der Waals surface area contributed by atoms with Crippen LogP contribution in [0.2, 0.25) is 25.7 Å². The average molecular weight is 630 g/mol. The number of hydrogen-bond donors (Lipinski definition) is 0. The van der Waals surface area contributed by atoms with Crippen molar-refractivity contribution in [2.24, 2.45) is 21.1 Å². The Kier molecular flexibility index (Phi) is 8.30. The van der Waals surface area contributed by atoms with Gasteiger partial charge in [0, 0.05) is 30.6 Å². The van der Waals surface area contributed by atoms with Crippen LogP contribution in [0.3, 0.4) is 0 Å². The standard InChI is InChI=1S/C26H35BrF2N4O3SSi/c1-24(2,3)36-23(34)33(16-35-11-12-38(4,5)6)22-31-25(15-28,18-13-17(27)7-8-19(18)29)20-14-26(20,37-22)21-9-10-30-32-21/h7-9,13,20H,10-12,14-16H2,1-6H3/t20-,25+,26-/m0/s1. The van der Waals surface area contributed by atoms with Crippen molar-refractivity contribution in [3.63, 3.8) is 0 Å². The summed E-state index contributed by atoms with van der Waals surface area (Å²) in [7, 11) is -1.37. The molecule has 12 heteroatoms. The van der Waals surface area contributed by atoms with Gasteiger partial charge in [-0.2, -0.15) is 10.2 Å². The molecule has 7 nitrogen and oxygen atoms in total. The second-order valence-corrected chi connectivity index (χ2v) is 19.9. The van der Waals surface area contributed by atoms with E-state index < -0.39 is 42.5 Å². The number of alkyl halides is 1. The summed E-state index contributed by atoms with van der Waals surface area (Å²) in [5.74, 6) is -0.923. The van der Waals surface area contributed by atoms with Crippen LogP contribution in [0.4, 0.5) is 13.6 Å². The van der Waals surface area contributed by atoms with Gasteiger partial charge in [0.1, 0.15) is 30.4 Å². The van der Waals surface area contributed by atoms with Gasteiger partial charge in [0.2, 0.25) is 0 Å². The fraction of sp³-hybridized carbons (Fsp3) is 0.615. The number of carbonyl (C=O) groups is 1. The number of amidine groups is 1. The Labute approximate surface area is 236 Å². The number of carbonyl (C=O) groups excluding carboxylic acids is 1. The smallest absolute Gasteiger partial charge is 0.418 e. The van der Waals surface area contributed by atoms with E-state index in [1.807, 2.05) is 6.08 Å². The first-order chi connectivity index (χ1) is 17.7. The highest BCUT2D eigenvalue weighted by atomic mass is 79.9. The zero-order chi connectivity index (χ0) is 27.9. The van der Waals surface area contributed by atoms with E-state index >= 15 is 8.78 Å². The molecule has 1 aliphatic carbocycles. The Bertz CT molecular complexity index is 1190. The maximum Gasteiger partial charge on any atom is 0.418 e. The minimum atomic E-state index is -1.55. The Balaban J connectivity index is 1.79. The molecule has 2 aliphatic heterocycles. The van der Waals surface area contributed by atoms with Crippen LogP contribution in [0.15, 0.2) is 49.7 Å². The number of aliphatic imine (C=N–C) groups is 1. The molecule has 0 spiro atoms. The van der Waals surface area contributed by atoms with E-state index in [0.29, 0.717) is 29.7 Å². The minimum Gasteiger partial charge on any atom is -0.443 e. The predicted molar refractivity (Wildman–Crippen MR) is 152 cm³/mol. The van der Waals surface area contributed by atoms with Gasteiger partial charge in [0.05, 0.1) is 17.0 Å². The summed E-state index contributed by atoms with van der Waals surface area (Å²) in [6.45, 7) is 11.9. The van der Waals surface area contributed by atoms with Crippen LogP contribution in [-0.4, -0.2) is 61.1 Å². The molecule has 0 saturated heterocycles. The van der Waals surface area contributed by atoms with E-state index in [1.54, 1.807) is 32.9 Å². The fourth-order valence-electron chi connectivity index (χ4n) is 4.65. The van der Waals surface area contributed by atoms with Gasteiger partial charge in [-0.25, -0.2) is 23.5 Å². The number of azo groups is 1. The lowest BCUT2D eigenvalue weighted by Crippen LogP contribution is -2.47. The summed E-state index contributed by atoms with van der Waals surface area (Å²) in [4.78, 5) is 19.6. The molecule has 1 aromatic rings. The minimum absolute atomic E-state index is 0.115. The van der Waals surface area contributed by atoms with Crippen LogP contribution in [0.5, 0.6) is 0 Å². The molecule has 4 rings (SSSR count). The van der Waals surface area contributed by atoms with Gasteiger partial charge < -0.3 is 9.47 Å². The maximum absolute atomic E-state index is 15.3. The van der Waals surface area contributed by atoms with Crippen LogP contribution in [0.25, 0.3) is 0 Å². The topological polar surface area (TPSA) is 75.8 Å². The number of nitrogens with zero attached hydrogens (tertiary/aromatic N) is 4. The van der Waals surface area contributed by atoms with Gasteiger partial charge in [-0.1, -0.05) is 47.3 Å². The Morgan fingerprint density at radius 3 is 2.66 bits per heavy atom. The predicted octanol–water partition coefficient (Wildman–Crippen LogP) is 7.51. The molecule has 208 valence electrons. The highest BCUT2D eigenvalue weighted by molar-refractivity contribution is 9.10. The van der Waals surface area contributed by atoms with Gasteiger partial charge in [-0.3, -0.25) is 0 Å². The van der Waals surface area contributed by atoms with Gasteiger partial charge in [0.25, 0.3) is 0 Å². The molecular formula is C26H35BrF2N4O3SSi. The number of ether oxygens (including phenoxy) is 2. The summed E-state index contributed by atoms with van der Waals surface area (Å²) in [6.07, 6.45) is 1.76. The number of benzene rings is 1. The number of amides is 1. The lowest BCUT2D eigenvalue weighted by Gasteiger charge is -2.38. The monoisotopic (exact) mass is 628 g/mol. The largest absolute Gasteiger partial charge is 0.443 e. The van der Waals surface area contributed by atoms with Crippen LogP contribution in [0, 0.1) is 11.7 Å². The number of rotatable bonds is 8. The Morgan fingerprint density at radius 1 is 1.32 bits per heavy atom. The van der Waals surface area contributed by atoms with Crippen molar-refractivity contribution in [3.05, 3.63) is 45.8 Å². The van der Waals surface area contributed by atoms with E-state index in [2.05, 4.69) is 45.8 Å². The summed E-state index contributed by atoms with van der Waals surface area (Å²) in [6, 6.07) is 5.35. The van der Waals surface area contributed by atoms with Gasteiger partial charge in [0.15, 0.2) is 5.17 Å². The molecule has 1 saturated carbocycles. The number of fused-ring (bicyclic) bond motifs is 1.